The van der Waals surface area contributed by atoms with Crippen LogP contribution in [0, 0.1) is 0 Å². The quantitative estimate of drug-likeness (QED) is 0.0914. The van der Waals surface area contributed by atoms with Gasteiger partial charge in [-0.3, -0.25) is 4.57 Å². The van der Waals surface area contributed by atoms with Gasteiger partial charge in [0.15, 0.2) is 11.8 Å². The number of hydrogen-bond donors (Lipinski definition) is 4. The molecular formula is C13H18N7O9P. The van der Waals surface area contributed by atoms with Crippen LogP contribution >= 0.6 is 8.17 Å². The summed E-state index contributed by atoms with van der Waals surface area (Å²) in [5, 5.41) is 32.8. The van der Waals surface area contributed by atoms with Crippen molar-refractivity contribution in [3.05, 3.63) is 33.2 Å². The van der Waals surface area contributed by atoms with Crippen molar-refractivity contribution < 1.29 is 39.3 Å². The number of aliphatic carboxylic acids is 1. The van der Waals surface area contributed by atoms with Crippen LogP contribution < -0.4 is 16.3 Å². The number of aliphatic hydroxyl groups excluding tert-OH is 2. The molecule has 0 radical (unpaired) electrons. The zero-order valence-electron chi connectivity index (χ0n) is 15.6. The van der Waals surface area contributed by atoms with Crippen LogP contribution in [0.3, 0.4) is 0 Å². The van der Waals surface area contributed by atoms with Crippen molar-refractivity contribution in [3.8, 4) is 0 Å². The van der Waals surface area contributed by atoms with Crippen molar-refractivity contribution in [1.29, 1.82) is 0 Å². The molecule has 0 saturated carbocycles. The van der Waals surface area contributed by atoms with Gasteiger partial charge in [0, 0.05) is 15.8 Å². The predicted molar refractivity (Wildman–Crippen MR) is 95.0 cm³/mol. The average molecular weight is 447 g/mol. The second-order valence-corrected chi connectivity index (χ2v) is 7.38. The van der Waals surface area contributed by atoms with Crippen LogP contribution in [0.5, 0.6) is 0 Å². The number of nitrogen functional groups attached to an aromatic ring is 1. The van der Waals surface area contributed by atoms with Gasteiger partial charge in [0.25, 0.3) is 0 Å². The Morgan fingerprint density at radius 1 is 1.60 bits per heavy atom. The van der Waals surface area contributed by atoms with Crippen LogP contribution in [0.25, 0.3) is 10.4 Å². The van der Waals surface area contributed by atoms with Gasteiger partial charge in [-0.15, -0.1) is 0 Å². The summed E-state index contributed by atoms with van der Waals surface area (Å²) in [7, 11) is -2.98. The Balaban J connectivity index is 2.21. The first kappa shape index (κ1) is 23.6. The summed E-state index contributed by atoms with van der Waals surface area (Å²) in [5.41, 5.74) is 9.25. The molecule has 2 heterocycles. The molecule has 1 aromatic heterocycles. The highest BCUT2D eigenvalue weighted by atomic mass is 31.1. The van der Waals surface area contributed by atoms with Gasteiger partial charge < -0.3 is 30.7 Å². The third-order valence-electron chi connectivity index (χ3n) is 3.98. The largest absolute Gasteiger partial charge is 0.581 e. The van der Waals surface area contributed by atoms with E-state index in [1.54, 1.807) is 0 Å². The van der Waals surface area contributed by atoms with E-state index in [0.29, 0.717) is 0 Å². The van der Waals surface area contributed by atoms with Gasteiger partial charge in [-0.2, -0.15) is 9.87 Å². The Bertz CT molecular complexity index is 947. The molecule has 1 saturated heterocycles. The highest BCUT2D eigenvalue weighted by Crippen LogP contribution is 2.39. The minimum absolute atomic E-state index is 0.0980. The number of aromatic nitrogens is 2. The summed E-state index contributed by atoms with van der Waals surface area (Å²) in [6.45, 7) is 1.43. The van der Waals surface area contributed by atoms with Gasteiger partial charge in [-0.25, -0.2) is 9.59 Å². The molecule has 164 valence electrons. The van der Waals surface area contributed by atoms with E-state index in [2.05, 4.69) is 29.3 Å². The maximum atomic E-state index is 12.0. The second kappa shape index (κ2) is 8.99. The number of anilines is 1. The van der Waals surface area contributed by atoms with Gasteiger partial charge in [-0.1, -0.05) is 9.86 Å². The molecule has 0 aliphatic carbocycles. The molecule has 2 unspecified atom stereocenters. The molecule has 1 aliphatic rings. The van der Waals surface area contributed by atoms with Crippen molar-refractivity contribution in [2.45, 2.75) is 43.5 Å². The fourth-order valence-electron chi connectivity index (χ4n) is 2.34. The molecule has 0 amide bonds. The summed E-state index contributed by atoms with van der Waals surface area (Å²) in [6, 6.07) is 1.23. The van der Waals surface area contributed by atoms with Crippen molar-refractivity contribution in [3.63, 3.8) is 0 Å². The lowest BCUT2D eigenvalue weighted by molar-refractivity contribution is -0.291. The second-order valence-electron chi connectivity index (χ2n) is 6.56. The number of carbonyl (C=O) groups is 1. The minimum atomic E-state index is -2.98. The van der Waals surface area contributed by atoms with Crippen molar-refractivity contribution >= 4 is 20.0 Å². The number of carboxylic acids is 1. The molecule has 0 bridgehead atoms. The highest BCUT2D eigenvalue weighted by molar-refractivity contribution is 7.33. The molecule has 1 fully saturated rings. The van der Waals surface area contributed by atoms with E-state index in [0.717, 1.165) is 24.6 Å². The number of hydrogen-bond acceptors (Lipinski definition) is 12. The number of aliphatic hydroxyl groups is 2. The van der Waals surface area contributed by atoms with E-state index in [4.69, 9.17) is 21.1 Å². The summed E-state index contributed by atoms with van der Waals surface area (Å²) in [4.78, 5) is 45.3. The lowest BCUT2D eigenvalue weighted by Gasteiger charge is -2.24. The van der Waals surface area contributed by atoms with Gasteiger partial charge in [-0.05, 0) is 25.4 Å². The Morgan fingerprint density at radius 2 is 2.27 bits per heavy atom. The van der Waals surface area contributed by atoms with Crippen LogP contribution in [0.15, 0.2) is 26.9 Å². The topological polar surface area (TPSA) is 251 Å². The van der Waals surface area contributed by atoms with Crippen LogP contribution in [0.1, 0.15) is 20.1 Å². The molecular weight excluding hydrogens is 429 g/mol. The standard InChI is InChI=1S/C13H18N7O9P/c1-12(2,10(23)24)18-30(26)29-27-5-13(17-19-15)8(22)7(21)9(28-13)20-4-3-6(14)16-11(20)25/h3-4,7-9,21-22H,5H2,1-2H3,(H,23,24)(H2,14,16,25)/t7?,8-,9+,13+/m0/s1. The zero-order valence-corrected chi connectivity index (χ0v) is 16.5. The van der Waals surface area contributed by atoms with E-state index in [1.807, 2.05) is 0 Å². The Kier molecular flexibility index (Phi) is 7.07. The molecule has 5 atom stereocenters. The molecule has 0 aromatic carbocycles. The molecule has 1 aliphatic heterocycles. The Labute approximate surface area is 168 Å². The summed E-state index contributed by atoms with van der Waals surface area (Å²) < 4.78 is 14.0. The molecule has 0 spiro atoms. The van der Waals surface area contributed by atoms with E-state index in [9.17, 15) is 24.7 Å². The average Bonchev–Trinajstić information content (AvgIpc) is 2.87. The molecule has 5 N–H and O–H groups in total. The predicted octanol–water partition coefficient (Wildman–Crippen LogP) is -1.25. The SMILES string of the molecule is CC(C)(N=[P+]([O-])OOC[C@@]1(N=[N+]=[N-])O[C@@H](n2ccc(N)nc2=O)C(O)[C@@H]1O)C(=O)O. The lowest BCUT2D eigenvalue weighted by atomic mass is 10.1. The maximum Gasteiger partial charge on any atom is 0.382 e. The van der Waals surface area contributed by atoms with E-state index < -0.39 is 56.1 Å². The van der Waals surface area contributed by atoms with Gasteiger partial charge in [0.2, 0.25) is 5.72 Å². The molecule has 17 heteroatoms. The zero-order chi connectivity index (χ0) is 22.7. The van der Waals surface area contributed by atoms with E-state index in [1.165, 1.54) is 6.07 Å². The first-order chi connectivity index (χ1) is 13.9. The first-order valence-electron chi connectivity index (χ1n) is 8.11. The van der Waals surface area contributed by atoms with Gasteiger partial charge in [0.05, 0.1) is 0 Å². The molecule has 16 nitrogen and oxygen atoms in total. The minimum Gasteiger partial charge on any atom is -0.581 e. The van der Waals surface area contributed by atoms with Crippen LogP contribution in [-0.2, 0) is 19.1 Å². The number of carboxylic acid groups (broad SMARTS) is 1. The fraction of sp³-hybridized carbons (Fsp3) is 0.615. The molecule has 30 heavy (non-hydrogen) atoms. The summed E-state index contributed by atoms with van der Waals surface area (Å²) in [6.07, 6.45) is -4.08. The number of nitrogens with zero attached hydrogens (tertiary/aromatic N) is 6. The first-order valence-corrected chi connectivity index (χ1v) is 9.24. The van der Waals surface area contributed by atoms with Crippen molar-refractivity contribution in [2.24, 2.45) is 9.86 Å². The third kappa shape index (κ3) is 4.89. The van der Waals surface area contributed by atoms with Crippen molar-refractivity contribution in [2.75, 3.05) is 12.3 Å². The van der Waals surface area contributed by atoms with Crippen LogP contribution in [-0.4, -0.2) is 60.9 Å². The fourth-order valence-corrected chi connectivity index (χ4v) is 3.01. The third-order valence-corrected chi connectivity index (χ3v) is 4.88. The van der Waals surface area contributed by atoms with Gasteiger partial charge >= 0.3 is 19.8 Å². The van der Waals surface area contributed by atoms with Crippen LogP contribution in [0.2, 0.25) is 0 Å². The molecule has 2 rings (SSSR count). The summed E-state index contributed by atoms with van der Waals surface area (Å²) >= 11 is 0. The monoisotopic (exact) mass is 447 g/mol. The number of ether oxygens (including phenoxy) is 1. The smallest absolute Gasteiger partial charge is 0.382 e. The number of azide groups is 1. The Morgan fingerprint density at radius 3 is 2.83 bits per heavy atom. The van der Waals surface area contributed by atoms with Crippen LogP contribution in [0.4, 0.5) is 5.82 Å². The van der Waals surface area contributed by atoms with E-state index >= 15 is 0 Å². The normalized spacial score (nSPS) is 27.0. The van der Waals surface area contributed by atoms with Gasteiger partial charge in [0.1, 0.15) is 24.6 Å². The maximum absolute atomic E-state index is 12.0. The Hall–Kier alpha value is -2.68. The number of nitrogens with two attached hydrogens (primary N) is 1. The summed E-state index contributed by atoms with van der Waals surface area (Å²) in [5.74, 6) is -1.47. The number of rotatable bonds is 8. The van der Waals surface area contributed by atoms with E-state index in [-0.39, 0.29) is 5.82 Å². The highest BCUT2D eigenvalue weighted by Gasteiger charge is 2.56. The van der Waals surface area contributed by atoms with Crippen molar-refractivity contribution in [1.82, 2.24) is 9.55 Å². The lowest BCUT2D eigenvalue weighted by Crippen LogP contribution is -2.45. The molecule has 1 aromatic rings.